The smallest absolute Gasteiger partial charge is 0.340 e. The number of esters is 2. The third-order valence-electron chi connectivity index (χ3n) is 13.9. The Balaban J connectivity index is 1.27. The fourth-order valence-corrected chi connectivity index (χ4v) is 11.9. The first-order valence-electron chi connectivity index (χ1n) is 18.8. The first kappa shape index (κ1) is 31.7. The van der Waals surface area contributed by atoms with Crippen LogP contribution in [0, 0.1) is 34.5 Å². The molecule has 3 aliphatic heterocycles. The summed E-state index contributed by atoms with van der Waals surface area (Å²) in [5.74, 6) is -0.0440. The predicted octanol–water partition coefficient (Wildman–Crippen LogP) is 6.74. The number of ether oxygens (including phenoxy) is 2. The molecule has 2 bridgehead atoms. The molecule has 2 saturated carbocycles. The Morgan fingerprint density at radius 1 is 1.02 bits per heavy atom. The van der Waals surface area contributed by atoms with Crippen molar-refractivity contribution in [3.05, 3.63) is 81.5 Å². The Bertz CT molecular complexity index is 1890. The van der Waals surface area contributed by atoms with Crippen molar-refractivity contribution in [1.29, 1.82) is 0 Å². The number of nitrogens with zero attached hydrogens (tertiary/aromatic N) is 2. The van der Waals surface area contributed by atoms with E-state index in [-0.39, 0.29) is 59.4 Å². The molecule has 2 amide bonds. The SMILES string of the molecule is CCCC=C1OC(=O)C2=C([C@H](CN3C(=O)C=CC3=O)c3ccnc(N)c3)[C@H]3CC[C@@]12[C@H]1C2=C4C(=C(C5(CC)CCCC5)CC[C@@H]4C[C@H]31)OC2=O. The van der Waals surface area contributed by atoms with E-state index in [1.54, 1.807) is 12.3 Å². The number of fused-ring (bicyclic) bond motifs is 1. The molecule has 9 nitrogen and oxygen atoms in total. The second-order valence-electron chi connectivity index (χ2n) is 15.9. The lowest BCUT2D eigenvalue weighted by atomic mass is 9.42. The van der Waals surface area contributed by atoms with Crippen LogP contribution in [0.3, 0.4) is 0 Å². The van der Waals surface area contributed by atoms with Crippen LogP contribution in [0.4, 0.5) is 5.82 Å². The van der Waals surface area contributed by atoms with Gasteiger partial charge in [0.15, 0.2) is 0 Å². The number of imide groups is 1. The molecule has 6 atom stereocenters. The minimum Gasteiger partial charge on any atom is -0.427 e. The van der Waals surface area contributed by atoms with Crippen LogP contribution in [0.2, 0.25) is 0 Å². The molecule has 0 aromatic carbocycles. The van der Waals surface area contributed by atoms with E-state index in [4.69, 9.17) is 15.2 Å². The number of carbonyl (C=O) groups is 4. The van der Waals surface area contributed by atoms with Gasteiger partial charge in [0.2, 0.25) is 0 Å². The van der Waals surface area contributed by atoms with E-state index in [0.717, 1.165) is 85.8 Å². The maximum absolute atomic E-state index is 14.4. The Morgan fingerprint density at radius 3 is 2.52 bits per heavy atom. The summed E-state index contributed by atoms with van der Waals surface area (Å²) in [6, 6.07) is 3.66. The number of cyclic esters (lactones) is 1. The third kappa shape index (κ3) is 4.21. The predicted molar refractivity (Wildman–Crippen MR) is 184 cm³/mol. The molecule has 1 saturated heterocycles. The number of hydrogen-bond acceptors (Lipinski definition) is 8. The molecule has 1 aromatic heterocycles. The highest BCUT2D eigenvalue weighted by Gasteiger charge is 2.70. The average molecular weight is 676 g/mol. The first-order chi connectivity index (χ1) is 24.2. The van der Waals surface area contributed by atoms with Gasteiger partial charge in [-0.15, -0.1) is 0 Å². The number of rotatable bonds is 8. The maximum Gasteiger partial charge on any atom is 0.340 e. The molecule has 4 heterocycles. The highest BCUT2D eigenvalue weighted by molar-refractivity contribution is 6.13. The van der Waals surface area contributed by atoms with E-state index < -0.39 is 11.3 Å². The van der Waals surface area contributed by atoms with Gasteiger partial charge in [-0.25, -0.2) is 14.6 Å². The second kappa shape index (κ2) is 11.4. The molecule has 0 radical (unpaired) electrons. The van der Waals surface area contributed by atoms with Gasteiger partial charge in [0.05, 0.1) is 11.0 Å². The Labute approximate surface area is 292 Å². The topological polar surface area (TPSA) is 129 Å². The zero-order valence-electron chi connectivity index (χ0n) is 29.0. The molecule has 9 heteroatoms. The van der Waals surface area contributed by atoms with Gasteiger partial charge in [-0.2, -0.15) is 0 Å². The van der Waals surface area contributed by atoms with Gasteiger partial charge in [-0.1, -0.05) is 33.1 Å². The highest BCUT2D eigenvalue weighted by atomic mass is 16.6. The molecule has 50 heavy (non-hydrogen) atoms. The lowest BCUT2D eigenvalue weighted by molar-refractivity contribution is -0.137. The van der Waals surface area contributed by atoms with Crippen LogP contribution in [-0.2, 0) is 28.7 Å². The van der Waals surface area contributed by atoms with Crippen molar-refractivity contribution < 1.29 is 28.7 Å². The molecule has 1 aromatic rings. The number of carbonyl (C=O) groups excluding carboxylic acids is 4. The number of aromatic nitrogens is 1. The first-order valence-corrected chi connectivity index (χ1v) is 18.8. The Hall–Kier alpha value is -4.27. The quantitative estimate of drug-likeness (QED) is 0.237. The molecule has 3 fully saturated rings. The molecular weight excluding hydrogens is 630 g/mol. The van der Waals surface area contributed by atoms with Crippen LogP contribution < -0.4 is 5.73 Å². The summed E-state index contributed by atoms with van der Waals surface area (Å²) in [6.07, 6.45) is 18.0. The fourth-order valence-electron chi connectivity index (χ4n) is 11.9. The number of nitrogen functional groups attached to an aromatic ring is 1. The summed E-state index contributed by atoms with van der Waals surface area (Å²) in [7, 11) is 0. The second-order valence-corrected chi connectivity index (χ2v) is 15.9. The zero-order chi connectivity index (χ0) is 34.5. The van der Waals surface area contributed by atoms with Crippen molar-refractivity contribution in [1.82, 2.24) is 9.88 Å². The zero-order valence-corrected chi connectivity index (χ0v) is 29.0. The van der Waals surface area contributed by atoms with Crippen molar-refractivity contribution in [3.8, 4) is 0 Å². The van der Waals surface area contributed by atoms with E-state index in [2.05, 4.69) is 24.9 Å². The number of nitrogens with two attached hydrogens (primary N) is 1. The number of allylic oxidation sites excluding steroid dienone is 4. The van der Waals surface area contributed by atoms with Gasteiger partial charge < -0.3 is 15.2 Å². The number of hydrogen-bond donors (Lipinski definition) is 1. The van der Waals surface area contributed by atoms with Crippen molar-refractivity contribution in [3.63, 3.8) is 0 Å². The van der Waals surface area contributed by atoms with E-state index in [0.29, 0.717) is 23.6 Å². The summed E-state index contributed by atoms with van der Waals surface area (Å²) < 4.78 is 12.8. The number of anilines is 1. The van der Waals surface area contributed by atoms with Crippen LogP contribution in [0.15, 0.2) is 75.9 Å². The van der Waals surface area contributed by atoms with Crippen LogP contribution in [0.5, 0.6) is 0 Å². The van der Waals surface area contributed by atoms with Crippen molar-refractivity contribution in [2.24, 2.45) is 34.5 Å². The van der Waals surface area contributed by atoms with Gasteiger partial charge in [0.1, 0.15) is 17.3 Å². The minimum atomic E-state index is -0.829. The van der Waals surface area contributed by atoms with E-state index in [1.807, 2.05) is 6.07 Å². The molecule has 0 unspecified atom stereocenters. The maximum atomic E-state index is 14.4. The largest absolute Gasteiger partial charge is 0.427 e. The molecule has 1 spiro atoms. The van der Waals surface area contributed by atoms with Crippen LogP contribution in [0.25, 0.3) is 0 Å². The Morgan fingerprint density at radius 2 is 1.80 bits per heavy atom. The van der Waals surface area contributed by atoms with Crippen molar-refractivity contribution >= 4 is 29.6 Å². The summed E-state index contributed by atoms with van der Waals surface area (Å²) in [4.78, 5) is 60.3. The molecule has 2 N–H and O–H groups in total. The van der Waals surface area contributed by atoms with Crippen LogP contribution in [-0.4, -0.2) is 40.2 Å². The normalized spacial score (nSPS) is 33.4. The average Bonchev–Trinajstić information content (AvgIpc) is 3.88. The van der Waals surface area contributed by atoms with Crippen molar-refractivity contribution in [2.75, 3.05) is 12.3 Å². The number of amides is 2. The summed E-state index contributed by atoms with van der Waals surface area (Å²) in [5.41, 5.74) is 11.1. The van der Waals surface area contributed by atoms with Gasteiger partial charge in [0.25, 0.3) is 11.8 Å². The molecule has 10 rings (SSSR count). The molecule has 6 aliphatic carbocycles. The number of pyridine rings is 1. The van der Waals surface area contributed by atoms with E-state index in [1.165, 1.54) is 35.5 Å². The molecule has 260 valence electrons. The van der Waals surface area contributed by atoms with E-state index in [9.17, 15) is 19.2 Å². The van der Waals surface area contributed by atoms with E-state index >= 15 is 0 Å². The lowest BCUT2D eigenvalue weighted by Gasteiger charge is -2.58. The number of unbranched alkanes of at least 4 members (excludes halogenated alkanes) is 1. The standard InChI is InChI=1S/C41H45N3O6/c1-3-5-8-28-41-17-13-24(25-19-23-9-10-27(40(4-2)15-6-7-16-40)37-32(23)34(35(25)41)38(47)50-37)33(36(41)39(48)49-28)26(22-14-18-43-29(42)20-22)21-44-30(45)11-12-31(44)46/h8,11-12,14,18,20,23-26,35H,3-7,9-10,13,15-17,19,21H2,1-2H3,(H2,42,43)/t23-,24+,25-,26-,35-,41+/m1/s1. The fraction of sp³-hybridized carbons (Fsp3) is 0.537. The van der Waals surface area contributed by atoms with Crippen molar-refractivity contribution in [2.45, 2.75) is 96.8 Å². The lowest BCUT2D eigenvalue weighted by Crippen LogP contribution is -2.54. The Kier molecular flexibility index (Phi) is 7.21. The minimum absolute atomic E-state index is 0.0526. The van der Waals surface area contributed by atoms with Crippen LogP contribution in [0.1, 0.15) is 102 Å². The summed E-state index contributed by atoms with van der Waals surface area (Å²) in [5, 5.41) is 0. The van der Waals surface area contributed by atoms with Crippen LogP contribution >= 0.6 is 0 Å². The molecule has 9 aliphatic rings. The summed E-state index contributed by atoms with van der Waals surface area (Å²) in [6.45, 7) is 4.46. The monoisotopic (exact) mass is 675 g/mol. The highest BCUT2D eigenvalue weighted by Crippen LogP contribution is 2.73. The molecular formula is C41H45N3O6. The third-order valence-corrected chi connectivity index (χ3v) is 13.9. The van der Waals surface area contributed by atoms with Gasteiger partial charge in [0, 0.05) is 47.9 Å². The van der Waals surface area contributed by atoms with Gasteiger partial charge in [-0.05, 0) is 116 Å². The van der Waals surface area contributed by atoms with Gasteiger partial charge >= 0.3 is 11.9 Å². The summed E-state index contributed by atoms with van der Waals surface area (Å²) >= 11 is 0. The van der Waals surface area contributed by atoms with Gasteiger partial charge in [-0.3, -0.25) is 14.5 Å².